The number of nitrogens with one attached hydrogen (secondary N) is 1. The molecule has 21 heavy (non-hydrogen) atoms. The van der Waals surface area contributed by atoms with Crippen molar-refractivity contribution in [1.82, 2.24) is 10.2 Å². The van der Waals surface area contributed by atoms with Crippen molar-refractivity contribution in [2.24, 2.45) is 0 Å². The molecule has 2 atom stereocenters. The number of nitrogens with zero attached hydrogens (tertiary/aromatic N) is 1. The zero-order valence-corrected chi connectivity index (χ0v) is 13.9. The first kappa shape index (κ1) is 16.4. The largest absolute Gasteiger partial charge is 0.468 e. The van der Waals surface area contributed by atoms with Crippen LogP contribution >= 0.6 is 11.8 Å². The van der Waals surface area contributed by atoms with Crippen LogP contribution in [0.1, 0.15) is 33.6 Å². The van der Waals surface area contributed by atoms with Crippen molar-refractivity contribution < 1.29 is 19.1 Å². The highest BCUT2D eigenvalue weighted by atomic mass is 32.2. The van der Waals surface area contributed by atoms with Crippen LogP contribution in [0.3, 0.4) is 0 Å². The number of ether oxygens (including phenoxy) is 2. The molecule has 2 aliphatic heterocycles. The van der Waals surface area contributed by atoms with Crippen molar-refractivity contribution in [3.8, 4) is 0 Å². The van der Waals surface area contributed by atoms with Gasteiger partial charge in [0.25, 0.3) is 0 Å². The molecule has 0 aromatic carbocycles. The molecule has 0 aromatic heterocycles. The van der Waals surface area contributed by atoms with E-state index in [0.717, 1.165) is 12.8 Å². The minimum absolute atomic E-state index is 0.242. The number of rotatable bonds is 1. The van der Waals surface area contributed by atoms with Crippen molar-refractivity contribution in [3.05, 3.63) is 0 Å². The summed E-state index contributed by atoms with van der Waals surface area (Å²) in [5.41, 5.74) is -0.494. The van der Waals surface area contributed by atoms with Crippen molar-refractivity contribution in [3.63, 3.8) is 0 Å². The van der Waals surface area contributed by atoms with E-state index in [4.69, 9.17) is 9.47 Å². The topological polar surface area (TPSA) is 67.9 Å². The van der Waals surface area contributed by atoms with Gasteiger partial charge in [-0.2, -0.15) is 0 Å². The lowest BCUT2D eigenvalue weighted by atomic mass is 10.0. The molecule has 2 aliphatic rings. The van der Waals surface area contributed by atoms with Crippen LogP contribution < -0.4 is 5.32 Å². The second-order valence-corrected chi connectivity index (χ2v) is 7.93. The molecule has 1 amide bonds. The van der Waals surface area contributed by atoms with E-state index in [1.54, 1.807) is 16.7 Å². The zero-order chi connectivity index (χ0) is 15.7. The molecule has 2 saturated heterocycles. The fourth-order valence-electron chi connectivity index (χ4n) is 2.65. The first-order valence-electron chi connectivity index (χ1n) is 7.22. The Morgan fingerprint density at radius 1 is 1.38 bits per heavy atom. The first-order chi connectivity index (χ1) is 9.75. The van der Waals surface area contributed by atoms with Crippen LogP contribution in [0.2, 0.25) is 0 Å². The summed E-state index contributed by atoms with van der Waals surface area (Å²) >= 11 is 1.70. The molecule has 2 rings (SSSR count). The second kappa shape index (κ2) is 6.04. The van der Waals surface area contributed by atoms with E-state index in [1.807, 2.05) is 20.8 Å². The number of carbonyl (C=O) groups is 2. The Bertz CT molecular complexity index is 424. The van der Waals surface area contributed by atoms with Crippen LogP contribution in [0.25, 0.3) is 0 Å². The van der Waals surface area contributed by atoms with Gasteiger partial charge < -0.3 is 14.4 Å². The molecular formula is C14H24N2O4S. The Hall–Kier alpha value is -0.950. The third-order valence-electron chi connectivity index (χ3n) is 3.56. The molecular weight excluding hydrogens is 292 g/mol. The van der Waals surface area contributed by atoms with E-state index in [1.165, 1.54) is 7.11 Å². The van der Waals surface area contributed by atoms with E-state index in [9.17, 15) is 9.59 Å². The van der Waals surface area contributed by atoms with Crippen LogP contribution in [0.5, 0.6) is 0 Å². The second-order valence-electron chi connectivity index (χ2n) is 6.53. The van der Waals surface area contributed by atoms with Crippen LogP contribution in [0.4, 0.5) is 4.79 Å². The Balaban J connectivity index is 1.98. The smallest absolute Gasteiger partial charge is 0.410 e. The van der Waals surface area contributed by atoms with Crippen LogP contribution in [-0.4, -0.2) is 59.4 Å². The van der Waals surface area contributed by atoms with Gasteiger partial charge in [-0.25, -0.2) is 4.79 Å². The standard InChI is InChI=1S/C14H24N2O4S/c1-13(2,3)20-12(18)16-7-5-6-14(9-16)15-10(8-21-14)11(17)19-4/h10,15H,5-9H2,1-4H3/t10-,14?/m0/s1. The van der Waals surface area contributed by atoms with E-state index >= 15 is 0 Å². The highest BCUT2D eigenvalue weighted by Gasteiger charge is 2.46. The molecule has 0 aromatic rings. The Kier molecular flexibility index (Phi) is 4.72. The fourth-order valence-corrected chi connectivity index (χ4v) is 4.12. The molecule has 120 valence electrons. The van der Waals surface area contributed by atoms with Crippen LogP contribution in [0, 0.1) is 0 Å². The molecule has 1 unspecified atom stereocenters. The molecule has 0 bridgehead atoms. The lowest BCUT2D eigenvalue weighted by Crippen LogP contribution is -2.56. The van der Waals surface area contributed by atoms with Crippen molar-refractivity contribution in [2.75, 3.05) is 26.0 Å². The Morgan fingerprint density at radius 3 is 2.71 bits per heavy atom. The number of esters is 1. The Labute approximate surface area is 129 Å². The maximum atomic E-state index is 12.2. The van der Waals surface area contributed by atoms with Gasteiger partial charge >= 0.3 is 12.1 Å². The number of hydrogen-bond donors (Lipinski definition) is 1. The van der Waals surface area contributed by atoms with E-state index in [2.05, 4.69) is 5.32 Å². The van der Waals surface area contributed by atoms with Gasteiger partial charge in [0.2, 0.25) is 0 Å². The molecule has 0 aliphatic carbocycles. The van der Waals surface area contributed by atoms with Crippen molar-refractivity contribution in [1.29, 1.82) is 0 Å². The van der Waals surface area contributed by atoms with Gasteiger partial charge in [-0.3, -0.25) is 10.1 Å². The highest BCUT2D eigenvalue weighted by Crippen LogP contribution is 2.38. The number of thioether (sulfide) groups is 1. The number of methoxy groups -OCH3 is 1. The SMILES string of the molecule is COC(=O)[C@@H]1CSC2(CCCN(C(=O)OC(C)(C)C)C2)N1. The quantitative estimate of drug-likeness (QED) is 0.741. The summed E-state index contributed by atoms with van der Waals surface area (Å²) in [6, 6.07) is -0.293. The van der Waals surface area contributed by atoms with Gasteiger partial charge in [0.15, 0.2) is 0 Å². The zero-order valence-electron chi connectivity index (χ0n) is 13.1. The van der Waals surface area contributed by atoms with Gasteiger partial charge in [0, 0.05) is 12.3 Å². The summed E-state index contributed by atoms with van der Waals surface area (Å²) in [5.74, 6) is 0.434. The summed E-state index contributed by atoms with van der Waals surface area (Å²) < 4.78 is 10.2. The minimum Gasteiger partial charge on any atom is -0.468 e. The number of hydrogen-bond acceptors (Lipinski definition) is 6. The van der Waals surface area contributed by atoms with Gasteiger partial charge in [0.05, 0.1) is 18.5 Å². The third kappa shape index (κ3) is 4.03. The van der Waals surface area contributed by atoms with Gasteiger partial charge in [0.1, 0.15) is 11.6 Å². The summed E-state index contributed by atoms with van der Waals surface area (Å²) in [5, 5.41) is 3.34. The summed E-state index contributed by atoms with van der Waals surface area (Å²) in [7, 11) is 1.40. The fraction of sp³-hybridized carbons (Fsp3) is 0.857. The maximum Gasteiger partial charge on any atom is 0.410 e. The Morgan fingerprint density at radius 2 is 2.10 bits per heavy atom. The lowest BCUT2D eigenvalue weighted by Gasteiger charge is -2.40. The number of likely N-dealkylation sites (tertiary alicyclic amines) is 1. The molecule has 0 radical (unpaired) electrons. The molecule has 6 nitrogen and oxygen atoms in total. The predicted molar refractivity (Wildman–Crippen MR) is 81.2 cm³/mol. The first-order valence-corrected chi connectivity index (χ1v) is 8.21. The summed E-state index contributed by atoms with van der Waals surface area (Å²) in [4.78, 5) is 25.3. The van der Waals surface area contributed by atoms with E-state index < -0.39 is 5.60 Å². The molecule has 0 saturated carbocycles. The lowest BCUT2D eigenvalue weighted by molar-refractivity contribution is -0.142. The maximum absolute atomic E-state index is 12.2. The average Bonchev–Trinajstić information content (AvgIpc) is 2.79. The highest BCUT2D eigenvalue weighted by molar-refractivity contribution is 8.01. The predicted octanol–water partition coefficient (Wildman–Crippen LogP) is 1.59. The summed E-state index contributed by atoms with van der Waals surface area (Å²) in [6.45, 7) is 6.84. The number of piperidine rings is 1. The van der Waals surface area contributed by atoms with Gasteiger partial charge in [-0.15, -0.1) is 11.8 Å². The number of carbonyl (C=O) groups excluding carboxylic acids is 2. The van der Waals surface area contributed by atoms with E-state index in [0.29, 0.717) is 18.8 Å². The number of amides is 1. The molecule has 2 heterocycles. The molecule has 1 spiro atoms. The van der Waals surface area contributed by atoms with Crippen LogP contribution in [0.15, 0.2) is 0 Å². The third-order valence-corrected chi connectivity index (χ3v) is 5.06. The van der Waals surface area contributed by atoms with E-state index in [-0.39, 0.29) is 23.0 Å². The molecule has 2 fully saturated rings. The van der Waals surface area contributed by atoms with Gasteiger partial charge in [-0.1, -0.05) is 0 Å². The van der Waals surface area contributed by atoms with Gasteiger partial charge in [-0.05, 0) is 33.6 Å². The van der Waals surface area contributed by atoms with Crippen LogP contribution in [-0.2, 0) is 14.3 Å². The minimum atomic E-state index is -0.494. The monoisotopic (exact) mass is 316 g/mol. The van der Waals surface area contributed by atoms with Crippen molar-refractivity contribution in [2.45, 2.75) is 50.1 Å². The molecule has 7 heteroatoms. The normalized spacial score (nSPS) is 29.5. The summed E-state index contributed by atoms with van der Waals surface area (Å²) in [6.07, 6.45) is 1.54. The van der Waals surface area contributed by atoms with Crippen molar-refractivity contribution >= 4 is 23.8 Å². The molecule has 1 N–H and O–H groups in total. The average molecular weight is 316 g/mol.